The van der Waals surface area contributed by atoms with Gasteiger partial charge in [-0.3, -0.25) is 9.59 Å². The number of hydrogen-bond donors (Lipinski definition) is 3. The van der Waals surface area contributed by atoms with Crippen LogP contribution in [0.15, 0.2) is 59.7 Å². The smallest absolute Gasteiger partial charge is 0.273 e. The van der Waals surface area contributed by atoms with Crippen LogP contribution < -0.4 is 10.7 Å². The molecule has 1 fully saturated rings. The van der Waals surface area contributed by atoms with Crippen molar-refractivity contribution in [3.05, 3.63) is 65.7 Å². The molecule has 0 heterocycles. The fourth-order valence-electron chi connectivity index (χ4n) is 3.48. The van der Waals surface area contributed by atoms with E-state index in [2.05, 4.69) is 15.8 Å². The molecular weight excluding hydrogens is 366 g/mol. The third-order valence-electron chi connectivity index (χ3n) is 5.22. The Hall–Kier alpha value is -2.99. The molecule has 6 heteroatoms. The van der Waals surface area contributed by atoms with Crippen molar-refractivity contribution < 1.29 is 14.7 Å². The quantitative estimate of drug-likeness (QED) is 0.515. The number of anilines is 1. The van der Waals surface area contributed by atoms with Crippen LogP contribution in [0.1, 0.15) is 56.3 Å². The molecular formula is C23H27N3O3. The molecule has 152 valence electrons. The van der Waals surface area contributed by atoms with Gasteiger partial charge in [-0.1, -0.05) is 61.7 Å². The average Bonchev–Trinajstić information content (AvgIpc) is 2.78. The van der Waals surface area contributed by atoms with Gasteiger partial charge in [0.1, 0.15) is 0 Å². The Kier molecular flexibility index (Phi) is 7.14. The van der Waals surface area contributed by atoms with Crippen LogP contribution >= 0.6 is 0 Å². The molecule has 2 amide bonds. The highest BCUT2D eigenvalue weighted by Gasteiger charge is 2.21. The number of nitrogens with zero attached hydrogens (tertiary/aromatic N) is 1. The molecule has 6 nitrogen and oxygen atoms in total. The second-order valence-electron chi connectivity index (χ2n) is 7.39. The van der Waals surface area contributed by atoms with Gasteiger partial charge in [0.05, 0.1) is 5.71 Å². The highest BCUT2D eigenvalue weighted by molar-refractivity contribution is 6.01. The highest BCUT2D eigenvalue weighted by atomic mass is 16.3. The molecule has 3 N–H and O–H groups in total. The van der Waals surface area contributed by atoms with Crippen LogP contribution in [0, 0.1) is 5.92 Å². The van der Waals surface area contributed by atoms with Crippen molar-refractivity contribution >= 4 is 23.2 Å². The highest BCUT2D eigenvalue weighted by Crippen LogP contribution is 2.25. The van der Waals surface area contributed by atoms with Gasteiger partial charge in [0.15, 0.2) is 6.10 Å². The van der Waals surface area contributed by atoms with Gasteiger partial charge < -0.3 is 10.4 Å². The fourth-order valence-corrected chi connectivity index (χ4v) is 3.48. The molecule has 0 spiro atoms. The van der Waals surface area contributed by atoms with Gasteiger partial charge in [-0.05, 0) is 43.0 Å². The van der Waals surface area contributed by atoms with E-state index in [-0.39, 0.29) is 11.8 Å². The molecule has 1 aliphatic carbocycles. The summed E-state index contributed by atoms with van der Waals surface area (Å²) in [5.74, 6) is -0.450. The lowest BCUT2D eigenvalue weighted by Gasteiger charge is -2.20. The summed E-state index contributed by atoms with van der Waals surface area (Å²) in [6, 6.07) is 16.1. The molecule has 29 heavy (non-hydrogen) atoms. The van der Waals surface area contributed by atoms with Gasteiger partial charge in [-0.15, -0.1) is 0 Å². The lowest BCUT2D eigenvalue weighted by atomic mass is 9.88. The van der Waals surface area contributed by atoms with Crippen LogP contribution in [0.4, 0.5) is 5.69 Å². The monoisotopic (exact) mass is 393 g/mol. The topological polar surface area (TPSA) is 90.8 Å². The summed E-state index contributed by atoms with van der Waals surface area (Å²) < 4.78 is 0. The van der Waals surface area contributed by atoms with Crippen LogP contribution in [-0.2, 0) is 9.59 Å². The van der Waals surface area contributed by atoms with Gasteiger partial charge >= 0.3 is 0 Å². The maximum Gasteiger partial charge on any atom is 0.273 e. The van der Waals surface area contributed by atoms with E-state index >= 15 is 0 Å². The summed E-state index contributed by atoms with van der Waals surface area (Å²) >= 11 is 0. The molecule has 0 aliphatic heterocycles. The Labute approximate surface area is 171 Å². The molecule has 3 rings (SSSR count). The Bertz CT molecular complexity index is 874. The summed E-state index contributed by atoms with van der Waals surface area (Å²) in [6.07, 6.45) is 4.04. The molecule has 0 radical (unpaired) electrons. The normalized spacial score (nSPS) is 16.1. The molecule has 1 atom stereocenters. The van der Waals surface area contributed by atoms with Crippen LogP contribution in [0.2, 0.25) is 0 Å². The molecule has 1 saturated carbocycles. The molecule has 0 bridgehead atoms. The second kappa shape index (κ2) is 9.98. The Morgan fingerprint density at radius 3 is 2.48 bits per heavy atom. The lowest BCUT2D eigenvalue weighted by molar-refractivity contribution is -0.129. The maximum absolute atomic E-state index is 12.4. The van der Waals surface area contributed by atoms with E-state index in [0.29, 0.717) is 17.0 Å². The Morgan fingerprint density at radius 2 is 1.76 bits per heavy atom. The number of benzene rings is 2. The number of hydrogen-bond acceptors (Lipinski definition) is 4. The van der Waals surface area contributed by atoms with Crippen molar-refractivity contribution in [2.75, 3.05) is 5.32 Å². The fraction of sp³-hybridized carbons (Fsp3) is 0.348. The number of carbonyl (C=O) groups excluding carboxylic acids is 2. The van der Waals surface area contributed by atoms with Crippen molar-refractivity contribution in [3.8, 4) is 0 Å². The summed E-state index contributed by atoms with van der Waals surface area (Å²) in [7, 11) is 0. The van der Waals surface area contributed by atoms with Crippen molar-refractivity contribution in [1.82, 2.24) is 5.43 Å². The second-order valence-corrected chi connectivity index (χ2v) is 7.39. The zero-order valence-electron chi connectivity index (χ0n) is 16.6. The predicted octanol–water partition coefficient (Wildman–Crippen LogP) is 3.78. The minimum absolute atomic E-state index is 0.0655. The summed E-state index contributed by atoms with van der Waals surface area (Å²) in [6.45, 7) is 1.76. The van der Waals surface area contributed by atoms with E-state index < -0.39 is 12.0 Å². The zero-order chi connectivity index (χ0) is 20.6. The first-order chi connectivity index (χ1) is 14.0. The van der Waals surface area contributed by atoms with Crippen molar-refractivity contribution in [1.29, 1.82) is 0 Å². The van der Waals surface area contributed by atoms with Crippen LogP contribution in [0.25, 0.3) is 0 Å². The third kappa shape index (κ3) is 5.74. The van der Waals surface area contributed by atoms with Crippen LogP contribution in [-0.4, -0.2) is 22.6 Å². The van der Waals surface area contributed by atoms with Gasteiger partial charge in [0.2, 0.25) is 5.91 Å². The van der Waals surface area contributed by atoms with Gasteiger partial charge in [0, 0.05) is 11.6 Å². The molecule has 0 saturated heterocycles. The lowest BCUT2D eigenvalue weighted by Crippen LogP contribution is -2.26. The number of nitrogens with one attached hydrogen (secondary N) is 2. The number of hydrazone groups is 1. The predicted molar refractivity (Wildman–Crippen MR) is 113 cm³/mol. The maximum atomic E-state index is 12.4. The summed E-state index contributed by atoms with van der Waals surface area (Å²) in [5.41, 5.74) is 4.97. The number of rotatable bonds is 6. The van der Waals surface area contributed by atoms with E-state index in [1.165, 1.54) is 6.42 Å². The third-order valence-corrected chi connectivity index (χ3v) is 5.22. The Balaban J connectivity index is 1.61. The van der Waals surface area contributed by atoms with Crippen molar-refractivity contribution in [3.63, 3.8) is 0 Å². The van der Waals surface area contributed by atoms with Crippen LogP contribution in [0.5, 0.6) is 0 Å². The minimum Gasteiger partial charge on any atom is -0.378 e. The number of aliphatic hydroxyl groups excluding tert-OH is 1. The molecule has 1 aliphatic rings. The molecule has 2 aromatic rings. The van der Waals surface area contributed by atoms with E-state index in [4.69, 9.17) is 0 Å². The summed E-state index contributed by atoms with van der Waals surface area (Å²) in [5, 5.41) is 17.2. The first-order valence-electron chi connectivity index (χ1n) is 10.0. The largest absolute Gasteiger partial charge is 0.378 e. The first-order valence-corrected chi connectivity index (χ1v) is 10.0. The van der Waals surface area contributed by atoms with E-state index in [9.17, 15) is 14.7 Å². The Morgan fingerprint density at radius 1 is 1.03 bits per heavy atom. The molecule has 0 aromatic heterocycles. The molecule has 2 aromatic carbocycles. The van der Waals surface area contributed by atoms with Gasteiger partial charge in [-0.25, -0.2) is 5.43 Å². The van der Waals surface area contributed by atoms with E-state index in [1.54, 1.807) is 31.2 Å². The SMILES string of the molecule is C/C(=N/NC(=O)[C@@H](O)c1ccccc1)c1cccc(NC(=O)C2CCCCC2)c1. The van der Waals surface area contributed by atoms with Crippen LogP contribution in [0.3, 0.4) is 0 Å². The average molecular weight is 393 g/mol. The minimum atomic E-state index is -1.28. The van der Waals surface area contributed by atoms with Gasteiger partial charge in [0.25, 0.3) is 5.91 Å². The van der Waals surface area contributed by atoms with Crippen molar-refractivity contribution in [2.24, 2.45) is 11.0 Å². The van der Waals surface area contributed by atoms with E-state index in [0.717, 1.165) is 31.2 Å². The number of aliphatic hydroxyl groups is 1. The molecule has 0 unspecified atom stereocenters. The first kappa shape index (κ1) is 20.7. The van der Waals surface area contributed by atoms with Crippen molar-refractivity contribution in [2.45, 2.75) is 45.1 Å². The number of carbonyl (C=O) groups is 2. The number of amides is 2. The standard InChI is InChI=1S/C23H27N3O3/c1-16(25-26-23(29)21(27)17-9-4-2-5-10-17)19-13-8-14-20(15-19)24-22(28)18-11-6-3-7-12-18/h2,4-5,8-10,13-15,18,21,27H,3,6-7,11-12H2,1H3,(H,24,28)(H,26,29)/b25-16-/t21-/m0/s1. The van der Waals surface area contributed by atoms with Gasteiger partial charge in [-0.2, -0.15) is 5.10 Å². The van der Waals surface area contributed by atoms with E-state index in [1.807, 2.05) is 30.3 Å². The zero-order valence-corrected chi connectivity index (χ0v) is 16.6. The summed E-state index contributed by atoms with van der Waals surface area (Å²) in [4.78, 5) is 24.6.